The molecule has 0 fully saturated rings. The van der Waals surface area contributed by atoms with Gasteiger partial charge in [-0.25, -0.2) is 5.84 Å². The molecule has 4 nitrogen and oxygen atoms in total. The van der Waals surface area contributed by atoms with E-state index in [1.165, 1.54) is 0 Å². The van der Waals surface area contributed by atoms with E-state index in [4.69, 9.17) is 11.1 Å². The molecule has 1 aromatic carbocycles. The lowest BCUT2D eigenvalue weighted by Gasteiger charge is -2.05. The van der Waals surface area contributed by atoms with Crippen molar-refractivity contribution in [2.24, 2.45) is 5.84 Å². The summed E-state index contributed by atoms with van der Waals surface area (Å²) in [5.74, 6) is 4.72. The van der Waals surface area contributed by atoms with E-state index >= 15 is 0 Å². The first-order chi connectivity index (χ1) is 6.79. The highest BCUT2D eigenvalue weighted by Gasteiger charge is 2.08. The minimum absolute atomic E-state index is 0.321. The van der Waals surface area contributed by atoms with Gasteiger partial charge in [-0.15, -0.1) is 0 Å². The maximum absolute atomic E-state index is 11.3. The van der Waals surface area contributed by atoms with E-state index < -0.39 is 0 Å². The van der Waals surface area contributed by atoms with E-state index in [2.05, 4.69) is 5.43 Å². The van der Waals surface area contributed by atoms with Crippen LogP contribution in [0.25, 0.3) is 0 Å². The fraction of sp³-hybridized carbons (Fsp3) is 0.200. The summed E-state index contributed by atoms with van der Waals surface area (Å²) in [7, 11) is 0. The van der Waals surface area contributed by atoms with Crippen molar-refractivity contribution in [3.63, 3.8) is 0 Å². The lowest BCUT2D eigenvalue weighted by molar-refractivity contribution is 0.0952. The highest BCUT2D eigenvalue weighted by atomic mass is 16.2. The number of hydrogen-bond donors (Lipinski definition) is 2. The molecule has 0 unspecified atom stereocenters. The summed E-state index contributed by atoms with van der Waals surface area (Å²) in [4.78, 5) is 11.3. The van der Waals surface area contributed by atoms with Crippen molar-refractivity contribution in [3.05, 3.63) is 35.4 Å². The summed E-state index contributed by atoms with van der Waals surface area (Å²) in [5, 5.41) is 8.44. The van der Waals surface area contributed by atoms with E-state index in [1.54, 1.807) is 12.1 Å². The Bertz CT molecular complexity index is 368. The number of carbonyl (C=O) groups is 1. The number of nitrogen functional groups attached to an aromatic ring is 1. The molecule has 0 aliphatic heterocycles. The molecule has 0 spiro atoms. The first-order valence-corrected chi connectivity index (χ1v) is 4.25. The number of nitriles is 1. The molecule has 0 aliphatic carbocycles. The Hall–Kier alpha value is -1.86. The van der Waals surface area contributed by atoms with Crippen molar-refractivity contribution in [1.82, 2.24) is 5.43 Å². The minimum Gasteiger partial charge on any atom is -0.290 e. The smallest absolute Gasteiger partial charge is 0.265 e. The zero-order chi connectivity index (χ0) is 10.4. The summed E-state index contributed by atoms with van der Waals surface area (Å²) in [5.41, 5.74) is 3.45. The second-order valence-corrected chi connectivity index (χ2v) is 2.79. The Kier molecular flexibility index (Phi) is 3.65. The van der Waals surface area contributed by atoms with Crippen LogP contribution in [0.1, 0.15) is 22.3 Å². The molecule has 0 bridgehead atoms. The molecular weight excluding hydrogens is 178 g/mol. The number of aryl methyl sites for hydroxylation is 1. The van der Waals surface area contributed by atoms with Crippen LogP contribution in [-0.2, 0) is 6.42 Å². The largest absolute Gasteiger partial charge is 0.290 e. The predicted octanol–water partition coefficient (Wildman–Crippen LogP) is 0.746. The fourth-order valence-corrected chi connectivity index (χ4v) is 1.23. The van der Waals surface area contributed by atoms with Gasteiger partial charge in [0.15, 0.2) is 0 Å². The molecule has 3 N–H and O–H groups in total. The van der Waals surface area contributed by atoms with Crippen molar-refractivity contribution in [3.8, 4) is 6.07 Å². The molecule has 0 atom stereocenters. The van der Waals surface area contributed by atoms with Crippen molar-refractivity contribution < 1.29 is 4.79 Å². The maximum Gasteiger partial charge on any atom is 0.265 e. The number of rotatable bonds is 3. The average molecular weight is 189 g/mol. The fourth-order valence-electron chi connectivity index (χ4n) is 1.23. The van der Waals surface area contributed by atoms with Gasteiger partial charge in [-0.3, -0.25) is 10.2 Å². The Morgan fingerprint density at radius 1 is 1.50 bits per heavy atom. The normalized spacial score (nSPS) is 9.14. The molecule has 1 aromatic rings. The van der Waals surface area contributed by atoms with E-state index in [0.29, 0.717) is 18.4 Å². The summed E-state index contributed by atoms with van der Waals surface area (Å²) >= 11 is 0. The van der Waals surface area contributed by atoms with Crippen LogP contribution >= 0.6 is 0 Å². The number of nitrogens with two attached hydrogens (primary N) is 1. The van der Waals surface area contributed by atoms with Crippen LogP contribution in [0.5, 0.6) is 0 Å². The number of nitrogens with one attached hydrogen (secondary N) is 1. The van der Waals surface area contributed by atoms with Gasteiger partial charge >= 0.3 is 0 Å². The Morgan fingerprint density at radius 3 is 2.86 bits per heavy atom. The summed E-state index contributed by atoms with van der Waals surface area (Å²) in [6.45, 7) is 0. The average Bonchev–Trinajstić information content (AvgIpc) is 2.25. The van der Waals surface area contributed by atoms with Gasteiger partial charge in [0.1, 0.15) is 0 Å². The topological polar surface area (TPSA) is 78.9 Å². The minimum atomic E-state index is -0.321. The van der Waals surface area contributed by atoms with E-state index in [1.807, 2.05) is 18.2 Å². The van der Waals surface area contributed by atoms with Gasteiger partial charge in [0.05, 0.1) is 6.07 Å². The molecule has 0 saturated carbocycles. The van der Waals surface area contributed by atoms with Crippen LogP contribution in [0.3, 0.4) is 0 Å². The van der Waals surface area contributed by atoms with Gasteiger partial charge < -0.3 is 0 Å². The monoisotopic (exact) mass is 189 g/mol. The third-order valence-electron chi connectivity index (χ3n) is 1.90. The second-order valence-electron chi connectivity index (χ2n) is 2.79. The SMILES string of the molecule is N#CCCc1ccccc1C(=O)NN. The van der Waals surface area contributed by atoms with E-state index in [9.17, 15) is 4.79 Å². The van der Waals surface area contributed by atoms with Gasteiger partial charge in [-0.05, 0) is 18.1 Å². The van der Waals surface area contributed by atoms with Crippen LogP contribution in [0.2, 0.25) is 0 Å². The molecular formula is C10H11N3O. The van der Waals surface area contributed by atoms with Gasteiger partial charge in [0.2, 0.25) is 0 Å². The molecule has 0 aromatic heterocycles. The zero-order valence-corrected chi connectivity index (χ0v) is 7.66. The summed E-state index contributed by atoms with van der Waals surface area (Å²) < 4.78 is 0. The Morgan fingerprint density at radius 2 is 2.21 bits per heavy atom. The highest BCUT2D eigenvalue weighted by molar-refractivity contribution is 5.95. The van der Waals surface area contributed by atoms with Crippen molar-refractivity contribution in [1.29, 1.82) is 5.26 Å². The number of benzene rings is 1. The molecule has 0 heterocycles. The summed E-state index contributed by atoms with van der Waals surface area (Å²) in [6, 6.07) is 9.15. The quantitative estimate of drug-likeness (QED) is 0.418. The molecule has 72 valence electrons. The van der Waals surface area contributed by atoms with Crippen molar-refractivity contribution in [2.75, 3.05) is 0 Å². The molecule has 4 heteroatoms. The molecule has 0 saturated heterocycles. The summed E-state index contributed by atoms with van der Waals surface area (Å²) in [6.07, 6.45) is 0.967. The molecule has 1 rings (SSSR count). The third-order valence-corrected chi connectivity index (χ3v) is 1.90. The number of hydrogen-bond acceptors (Lipinski definition) is 3. The number of hydrazine groups is 1. The first-order valence-electron chi connectivity index (χ1n) is 4.25. The zero-order valence-electron chi connectivity index (χ0n) is 7.66. The lowest BCUT2D eigenvalue weighted by atomic mass is 10.0. The number of amides is 1. The van der Waals surface area contributed by atoms with E-state index in [-0.39, 0.29) is 5.91 Å². The molecule has 0 radical (unpaired) electrons. The van der Waals surface area contributed by atoms with Gasteiger partial charge in [-0.1, -0.05) is 18.2 Å². The van der Waals surface area contributed by atoms with Crippen LogP contribution < -0.4 is 11.3 Å². The molecule has 1 amide bonds. The van der Waals surface area contributed by atoms with Gasteiger partial charge in [0.25, 0.3) is 5.91 Å². The predicted molar refractivity (Wildman–Crippen MR) is 52.0 cm³/mol. The molecule has 0 aliphatic rings. The highest BCUT2D eigenvalue weighted by Crippen LogP contribution is 2.10. The third kappa shape index (κ3) is 2.31. The maximum atomic E-state index is 11.3. The Balaban J connectivity index is 2.92. The number of nitrogens with zero attached hydrogens (tertiary/aromatic N) is 1. The standard InChI is InChI=1S/C10H11N3O/c11-7-3-5-8-4-1-2-6-9(8)10(14)13-12/h1-2,4,6H,3,5,12H2,(H,13,14). The molecule has 14 heavy (non-hydrogen) atoms. The van der Waals surface area contributed by atoms with E-state index in [0.717, 1.165) is 5.56 Å². The van der Waals surface area contributed by atoms with Crippen molar-refractivity contribution in [2.45, 2.75) is 12.8 Å². The van der Waals surface area contributed by atoms with Gasteiger partial charge in [-0.2, -0.15) is 5.26 Å². The lowest BCUT2D eigenvalue weighted by Crippen LogP contribution is -2.30. The van der Waals surface area contributed by atoms with Crippen LogP contribution in [0.4, 0.5) is 0 Å². The van der Waals surface area contributed by atoms with Crippen LogP contribution in [0, 0.1) is 11.3 Å². The van der Waals surface area contributed by atoms with Crippen LogP contribution in [-0.4, -0.2) is 5.91 Å². The Labute approximate surface area is 82.3 Å². The number of carbonyl (C=O) groups excluding carboxylic acids is 1. The van der Waals surface area contributed by atoms with Crippen LogP contribution in [0.15, 0.2) is 24.3 Å². The van der Waals surface area contributed by atoms with Crippen molar-refractivity contribution >= 4 is 5.91 Å². The van der Waals surface area contributed by atoms with Gasteiger partial charge in [0, 0.05) is 12.0 Å². The first kappa shape index (κ1) is 10.2. The second kappa shape index (κ2) is 5.00.